The topological polar surface area (TPSA) is 8.17 Å². The summed E-state index contributed by atoms with van der Waals surface area (Å²) in [6, 6.07) is 54.0. The molecule has 0 radical (unpaired) electrons. The van der Waals surface area contributed by atoms with Crippen molar-refractivity contribution in [2.75, 3.05) is 4.90 Å². The van der Waals surface area contributed by atoms with E-state index in [0.717, 1.165) is 22.7 Å². The van der Waals surface area contributed by atoms with E-state index in [1.165, 1.54) is 32.8 Å². The van der Waals surface area contributed by atoms with Gasteiger partial charge < -0.3 is 9.47 Å². The first kappa shape index (κ1) is 22.1. The van der Waals surface area contributed by atoms with Gasteiger partial charge in [0, 0.05) is 28.9 Å². The molecule has 1 heterocycles. The summed E-state index contributed by atoms with van der Waals surface area (Å²) >= 11 is 0. The number of rotatable bonds is 5. The lowest BCUT2D eigenvalue weighted by Crippen LogP contribution is -2.09. The van der Waals surface area contributed by atoms with E-state index in [1.807, 2.05) is 0 Å². The van der Waals surface area contributed by atoms with Gasteiger partial charge in [-0.25, -0.2) is 0 Å². The van der Waals surface area contributed by atoms with Crippen LogP contribution < -0.4 is 4.90 Å². The molecule has 38 heavy (non-hydrogen) atoms. The Bertz CT molecular complexity index is 1850. The summed E-state index contributed by atoms with van der Waals surface area (Å²) in [4.78, 5) is 2.32. The molecule has 2 nitrogen and oxygen atoms in total. The van der Waals surface area contributed by atoms with Gasteiger partial charge in [-0.1, -0.05) is 91.0 Å². The number of hydrogen-bond acceptors (Lipinski definition) is 1. The lowest BCUT2D eigenvalue weighted by atomic mass is 10.0. The van der Waals surface area contributed by atoms with Gasteiger partial charge in [-0.05, 0) is 87.9 Å². The van der Waals surface area contributed by atoms with Crippen LogP contribution in [0.5, 0.6) is 0 Å². The molecule has 0 saturated heterocycles. The number of fused-ring (bicyclic) bond motifs is 2. The molecule has 0 spiro atoms. The standard InChI is InChI=1S/C36H26N2/c1-2-11-33(12-3-1)38(35-23-18-27-8-4-5-10-31(27)26-35)34-21-16-29(17-22-34)28-14-19-32(20-15-28)37-25-24-30-9-6-7-13-36(30)37/h1-26H. The third kappa shape index (κ3) is 4.03. The van der Waals surface area contributed by atoms with E-state index in [9.17, 15) is 0 Å². The molecular formula is C36H26N2. The Kier molecular flexibility index (Phi) is 5.49. The first-order chi connectivity index (χ1) is 18.8. The minimum Gasteiger partial charge on any atom is -0.317 e. The first-order valence-electron chi connectivity index (χ1n) is 12.9. The molecule has 0 unspecified atom stereocenters. The van der Waals surface area contributed by atoms with E-state index >= 15 is 0 Å². The van der Waals surface area contributed by atoms with Crippen molar-refractivity contribution in [3.05, 3.63) is 158 Å². The molecule has 7 rings (SSSR count). The van der Waals surface area contributed by atoms with Crippen molar-refractivity contribution in [3.63, 3.8) is 0 Å². The van der Waals surface area contributed by atoms with E-state index < -0.39 is 0 Å². The van der Waals surface area contributed by atoms with Crippen LogP contribution in [0.3, 0.4) is 0 Å². The zero-order chi connectivity index (χ0) is 25.3. The van der Waals surface area contributed by atoms with Crippen molar-refractivity contribution < 1.29 is 0 Å². The van der Waals surface area contributed by atoms with Crippen LogP contribution in [0.15, 0.2) is 158 Å². The molecule has 180 valence electrons. The van der Waals surface area contributed by atoms with Gasteiger partial charge in [-0.3, -0.25) is 0 Å². The summed E-state index contributed by atoms with van der Waals surface area (Å²) < 4.78 is 2.24. The van der Waals surface area contributed by atoms with Crippen LogP contribution in [-0.4, -0.2) is 4.57 Å². The van der Waals surface area contributed by atoms with E-state index in [0.29, 0.717) is 0 Å². The van der Waals surface area contributed by atoms with Gasteiger partial charge in [0.15, 0.2) is 0 Å². The molecule has 0 N–H and O–H groups in total. The highest BCUT2D eigenvalue weighted by Crippen LogP contribution is 2.37. The number of para-hydroxylation sites is 2. The zero-order valence-corrected chi connectivity index (χ0v) is 20.9. The van der Waals surface area contributed by atoms with Crippen LogP contribution in [-0.2, 0) is 0 Å². The van der Waals surface area contributed by atoms with Gasteiger partial charge in [0.1, 0.15) is 0 Å². The lowest BCUT2D eigenvalue weighted by molar-refractivity contribution is 1.13. The predicted molar refractivity (Wildman–Crippen MR) is 161 cm³/mol. The van der Waals surface area contributed by atoms with Gasteiger partial charge in [-0.2, -0.15) is 0 Å². The third-order valence-electron chi connectivity index (χ3n) is 7.21. The first-order valence-corrected chi connectivity index (χ1v) is 12.9. The fraction of sp³-hybridized carbons (Fsp3) is 0. The Balaban J connectivity index is 1.22. The summed E-state index contributed by atoms with van der Waals surface area (Å²) in [5.74, 6) is 0. The number of hydrogen-bond donors (Lipinski definition) is 0. The maximum Gasteiger partial charge on any atom is 0.0528 e. The predicted octanol–water partition coefficient (Wildman–Crippen LogP) is 9.92. The molecular weight excluding hydrogens is 460 g/mol. The van der Waals surface area contributed by atoms with Crippen LogP contribution in [0.25, 0.3) is 38.5 Å². The second-order valence-electron chi connectivity index (χ2n) is 9.54. The van der Waals surface area contributed by atoms with Crippen LogP contribution in [0.2, 0.25) is 0 Å². The second kappa shape index (κ2) is 9.42. The van der Waals surface area contributed by atoms with E-state index in [2.05, 4.69) is 167 Å². The SMILES string of the molecule is c1ccc(N(c2ccc(-c3ccc(-n4ccc5ccccc54)cc3)cc2)c2ccc3ccccc3c2)cc1. The lowest BCUT2D eigenvalue weighted by Gasteiger charge is -2.26. The van der Waals surface area contributed by atoms with Gasteiger partial charge >= 0.3 is 0 Å². The minimum absolute atomic E-state index is 1.13. The molecule has 0 aliphatic carbocycles. The average Bonchev–Trinajstić information content (AvgIpc) is 3.43. The molecule has 6 aromatic carbocycles. The van der Waals surface area contributed by atoms with E-state index in [1.54, 1.807) is 0 Å². The largest absolute Gasteiger partial charge is 0.317 e. The van der Waals surface area contributed by atoms with Crippen LogP contribution in [0, 0.1) is 0 Å². The van der Waals surface area contributed by atoms with Crippen molar-refractivity contribution >= 4 is 38.7 Å². The fourth-order valence-electron chi connectivity index (χ4n) is 5.27. The normalized spacial score (nSPS) is 11.2. The van der Waals surface area contributed by atoms with E-state index in [4.69, 9.17) is 0 Å². The average molecular weight is 487 g/mol. The van der Waals surface area contributed by atoms with Crippen LogP contribution in [0.1, 0.15) is 0 Å². The zero-order valence-electron chi connectivity index (χ0n) is 20.9. The molecule has 0 atom stereocenters. The Morgan fingerprint density at radius 1 is 0.395 bits per heavy atom. The maximum atomic E-state index is 2.32. The smallest absolute Gasteiger partial charge is 0.0528 e. The molecule has 0 aliphatic heterocycles. The summed E-state index contributed by atoms with van der Waals surface area (Å²) in [5, 5.41) is 3.73. The maximum absolute atomic E-state index is 2.32. The van der Waals surface area contributed by atoms with E-state index in [-0.39, 0.29) is 0 Å². The molecule has 0 aliphatic rings. The summed E-state index contributed by atoms with van der Waals surface area (Å²) in [5.41, 5.74) is 8.20. The highest BCUT2D eigenvalue weighted by Gasteiger charge is 2.13. The Morgan fingerprint density at radius 3 is 1.74 bits per heavy atom. The molecule has 2 heteroatoms. The summed E-state index contributed by atoms with van der Waals surface area (Å²) in [6.07, 6.45) is 2.14. The minimum atomic E-state index is 1.13. The Morgan fingerprint density at radius 2 is 0.974 bits per heavy atom. The van der Waals surface area contributed by atoms with Gasteiger partial charge in [0.05, 0.1) is 5.52 Å². The molecule has 7 aromatic rings. The Labute approximate surface area is 222 Å². The summed E-state index contributed by atoms with van der Waals surface area (Å²) in [7, 11) is 0. The molecule has 0 saturated carbocycles. The third-order valence-corrected chi connectivity index (χ3v) is 7.21. The Hall–Kier alpha value is -5.08. The quantitative estimate of drug-likeness (QED) is 0.235. The highest BCUT2D eigenvalue weighted by atomic mass is 15.1. The van der Waals surface area contributed by atoms with Gasteiger partial charge in [0.25, 0.3) is 0 Å². The molecule has 0 fully saturated rings. The van der Waals surface area contributed by atoms with Crippen molar-refractivity contribution in [1.82, 2.24) is 4.57 Å². The number of anilines is 3. The molecule has 1 aromatic heterocycles. The van der Waals surface area contributed by atoms with Crippen molar-refractivity contribution in [3.8, 4) is 16.8 Å². The van der Waals surface area contributed by atoms with Crippen molar-refractivity contribution in [2.45, 2.75) is 0 Å². The van der Waals surface area contributed by atoms with Crippen molar-refractivity contribution in [2.24, 2.45) is 0 Å². The summed E-state index contributed by atoms with van der Waals surface area (Å²) in [6.45, 7) is 0. The highest BCUT2D eigenvalue weighted by molar-refractivity contribution is 5.89. The van der Waals surface area contributed by atoms with Crippen LogP contribution >= 0.6 is 0 Å². The monoisotopic (exact) mass is 486 g/mol. The number of aromatic nitrogens is 1. The number of benzene rings is 6. The number of nitrogens with zero attached hydrogens (tertiary/aromatic N) is 2. The van der Waals surface area contributed by atoms with Crippen LogP contribution in [0.4, 0.5) is 17.1 Å². The molecule has 0 bridgehead atoms. The van der Waals surface area contributed by atoms with Gasteiger partial charge in [0.2, 0.25) is 0 Å². The molecule has 0 amide bonds. The fourth-order valence-corrected chi connectivity index (χ4v) is 5.27. The van der Waals surface area contributed by atoms with Gasteiger partial charge in [-0.15, -0.1) is 0 Å². The van der Waals surface area contributed by atoms with Crippen molar-refractivity contribution in [1.29, 1.82) is 0 Å². The second-order valence-corrected chi connectivity index (χ2v) is 9.54.